The molecule has 0 amide bonds. The summed E-state index contributed by atoms with van der Waals surface area (Å²) in [5.74, 6) is 1.93. The quantitative estimate of drug-likeness (QED) is 0.215. The first-order valence-electron chi connectivity index (χ1n) is 13.7. The SMILES string of the molecule is [C-]#[N+]c1ccc2c(c1)-c1c(-c3ccc(-c4nc(-c5ccccc5)nc(-c5ccccc5)n4)cc3)cccc1C2(C)C. The lowest BCUT2D eigenvalue weighted by Crippen LogP contribution is -2.14. The third-order valence-corrected chi connectivity index (χ3v) is 7.97. The molecule has 0 N–H and O–H groups in total. The molecule has 0 radical (unpaired) electrons. The van der Waals surface area contributed by atoms with Crippen molar-refractivity contribution in [2.75, 3.05) is 0 Å². The first-order valence-corrected chi connectivity index (χ1v) is 13.7. The molecule has 1 aliphatic rings. The molecular weight excluding hydrogens is 500 g/mol. The summed E-state index contributed by atoms with van der Waals surface area (Å²) in [4.78, 5) is 18.3. The van der Waals surface area contributed by atoms with Gasteiger partial charge in [-0.2, -0.15) is 0 Å². The molecule has 0 saturated carbocycles. The monoisotopic (exact) mass is 526 g/mol. The molecule has 0 saturated heterocycles. The van der Waals surface area contributed by atoms with E-state index >= 15 is 0 Å². The van der Waals surface area contributed by atoms with Crippen LogP contribution in [-0.2, 0) is 5.41 Å². The number of rotatable bonds is 4. The highest BCUT2D eigenvalue weighted by molar-refractivity contribution is 5.93. The van der Waals surface area contributed by atoms with E-state index in [1.54, 1.807) is 0 Å². The van der Waals surface area contributed by atoms with Gasteiger partial charge in [0.25, 0.3) is 0 Å². The molecule has 0 fully saturated rings. The number of benzene rings is 5. The summed E-state index contributed by atoms with van der Waals surface area (Å²) in [6.45, 7) is 12.1. The molecule has 1 aromatic heterocycles. The zero-order valence-electron chi connectivity index (χ0n) is 22.8. The molecule has 7 rings (SSSR count). The van der Waals surface area contributed by atoms with Crippen molar-refractivity contribution in [3.05, 3.63) is 144 Å². The molecule has 194 valence electrons. The molecule has 41 heavy (non-hydrogen) atoms. The third-order valence-electron chi connectivity index (χ3n) is 7.97. The lowest BCUT2D eigenvalue weighted by molar-refractivity contribution is 0.660. The van der Waals surface area contributed by atoms with Crippen LogP contribution in [-0.4, -0.2) is 15.0 Å². The normalized spacial score (nSPS) is 12.8. The Balaban J connectivity index is 1.34. The van der Waals surface area contributed by atoms with Crippen LogP contribution in [0.4, 0.5) is 5.69 Å². The first-order chi connectivity index (χ1) is 20.0. The number of nitrogens with zero attached hydrogens (tertiary/aromatic N) is 4. The summed E-state index contributed by atoms with van der Waals surface area (Å²) in [5.41, 5.74) is 10.5. The van der Waals surface area contributed by atoms with E-state index in [9.17, 15) is 0 Å². The Morgan fingerprint density at radius 2 is 1.05 bits per heavy atom. The molecule has 0 spiro atoms. The summed E-state index contributed by atoms with van der Waals surface area (Å²) >= 11 is 0. The van der Waals surface area contributed by atoms with Crippen molar-refractivity contribution >= 4 is 5.69 Å². The van der Waals surface area contributed by atoms with Gasteiger partial charge >= 0.3 is 0 Å². The number of hydrogen-bond acceptors (Lipinski definition) is 3. The Hall–Kier alpha value is -5.40. The van der Waals surface area contributed by atoms with Gasteiger partial charge in [-0.05, 0) is 39.4 Å². The highest BCUT2D eigenvalue weighted by Gasteiger charge is 2.36. The number of aromatic nitrogens is 3. The summed E-state index contributed by atoms with van der Waals surface area (Å²) in [6.07, 6.45) is 0. The lowest BCUT2D eigenvalue weighted by Gasteiger charge is -2.21. The van der Waals surface area contributed by atoms with Crippen molar-refractivity contribution in [3.63, 3.8) is 0 Å². The van der Waals surface area contributed by atoms with Gasteiger partial charge in [0.2, 0.25) is 0 Å². The molecular formula is C37H26N4. The molecule has 0 aliphatic heterocycles. The maximum Gasteiger partial charge on any atom is 0.187 e. The van der Waals surface area contributed by atoms with E-state index in [1.807, 2.05) is 72.8 Å². The highest BCUT2D eigenvalue weighted by Crippen LogP contribution is 2.52. The standard InChI is InChI=1S/C37H26N4/c1-37(2)31-22-21-28(38-3)23-30(31)33-29(15-10-16-32(33)37)24-17-19-27(20-18-24)36-40-34(25-11-6-4-7-12-25)39-35(41-36)26-13-8-5-9-14-26/h4-23H,1-2H3. The number of fused-ring (bicyclic) bond motifs is 3. The topological polar surface area (TPSA) is 43.0 Å². The van der Waals surface area contributed by atoms with E-state index in [4.69, 9.17) is 21.5 Å². The maximum absolute atomic E-state index is 7.56. The molecule has 4 heteroatoms. The van der Waals surface area contributed by atoms with Gasteiger partial charge in [-0.3, -0.25) is 0 Å². The minimum Gasteiger partial charge on any atom is -0.238 e. The van der Waals surface area contributed by atoms with Gasteiger partial charge < -0.3 is 0 Å². The Morgan fingerprint density at radius 1 is 0.512 bits per heavy atom. The van der Waals surface area contributed by atoms with Crippen LogP contribution < -0.4 is 0 Å². The van der Waals surface area contributed by atoms with Crippen LogP contribution >= 0.6 is 0 Å². The average molecular weight is 527 g/mol. The molecule has 0 bridgehead atoms. The van der Waals surface area contributed by atoms with Gasteiger partial charge in [0, 0.05) is 22.1 Å². The van der Waals surface area contributed by atoms with Crippen molar-refractivity contribution in [2.45, 2.75) is 19.3 Å². The Bertz CT molecular complexity index is 1890. The Morgan fingerprint density at radius 3 is 1.61 bits per heavy atom. The van der Waals surface area contributed by atoms with Crippen LogP contribution in [0.2, 0.25) is 0 Å². The van der Waals surface area contributed by atoms with Gasteiger partial charge in [0.05, 0.1) is 6.57 Å². The van der Waals surface area contributed by atoms with Crippen molar-refractivity contribution in [3.8, 4) is 56.4 Å². The summed E-state index contributed by atoms with van der Waals surface area (Å²) in [7, 11) is 0. The second kappa shape index (κ2) is 9.66. The molecule has 0 atom stereocenters. The predicted octanol–water partition coefficient (Wildman–Crippen LogP) is 9.40. The highest BCUT2D eigenvalue weighted by atomic mass is 15.0. The lowest BCUT2D eigenvalue weighted by atomic mass is 9.82. The van der Waals surface area contributed by atoms with E-state index in [0.29, 0.717) is 23.2 Å². The molecule has 6 aromatic rings. The fourth-order valence-electron chi connectivity index (χ4n) is 5.84. The summed E-state index contributed by atoms with van der Waals surface area (Å²) in [6, 6.07) is 41.1. The molecule has 1 aliphatic carbocycles. The van der Waals surface area contributed by atoms with Gasteiger partial charge in [-0.25, -0.2) is 19.8 Å². The minimum atomic E-state index is -0.131. The molecule has 4 nitrogen and oxygen atoms in total. The third kappa shape index (κ3) is 4.20. The van der Waals surface area contributed by atoms with Crippen LogP contribution in [0.15, 0.2) is 121 Å². The first kappa shape index (κ1) is 24.6. The van der Waals surface area contributed by atoms with Crippen LogP contribution in [0.5, 0.6) is 0 Å². The molecule has 0 unspecified atom stereocenters. The van der Waals surface area contributed by atoms with Crippen LogP contribution in [0.25, 0.3) is 61.3 Å². The Kier molecular flexibility index (Phi) is 5.80. The second-order valence-corrected chi connectivity index (χ2v) is 10.8. The van der Waals surface area contributed by atoms with Crippen LogP contribution in [0.1, 0.15) is 25.0 Å². The molecule has 1 heterocycles. The zero-order valence-corrected chi connectivity index (χ0v) is 22.8. The average Bonchev–Trinajstić information content (AvgIpc) is 3.27. The van der Waals surface area contributed by atoms with Gasteiger partial charge in [0.1, 0.15) is 0 Å². The van der Waals surface area contributed by atoms with Crippen molar-refractivity contribution in [1.82, 2.24) is 15.0 Å². The van der Waals surface area contributed by atoms with Crippen molar-refractivity contribution < 1.29 is 0 Å². The zero-order chi connectivity index (χ0) is 28.0. The smallest absolute Gasteiger partial charge is 0.187 e. The predicted molar refractivity (Wildman–Crippen MR) is 165 cm³/mol. The number of hydrogen-bond donors (Lipinski definition) is 0. The van der Waals surface area contributed by atoms with Crippen LogP contribution in [0, 0.1) is 6.57 Å². The van der Waals surface area contributed by atoms with Gasteiger partial charge in [0.15, 0.2) is 23.2 Å². The largest absolute Gasteiger partial charge is 0.238 e. The summed E-state index contributed by atoms with van der Waals surface area (Å²) in [5, 5.41) is 0. The van der Waals surface area contributed by atoms with E-state index in [-0.39, 0.29) is 5.41 Å². The van der Waals surface area contributed by atoms with Crippen molar-refractivity contribution in [2.24, 2.45) is 0 Å². The van der Waals surface area contributed by atoms with Gasteiger partial charge in [-0.15, -0.1) is 0 Å². The van der Waals surface area contributed by atoms with Gasteiger partial charge in [-0.1, -0.05) is 129 Å². The van der Waals surface area contributed by atoms with E-state index in [0.717, 1.165) is 33.4 Å². The second-order valence-electron chi connectivity index (χ2n) is 10.8. The fraction of sp³-hybridized carbons (Fsp3) is 0.0811. The van der Waals surface area contributed by atoms with E-state index < -0.39 is 0 Å². The van der Waals surface area contributed by atoms with Crippen molar-refractivity contribution in [1.29, 1.82) is 0 Å². The van der Waals surface area contributed by atoms with Crippen LogP contribution in [0.3, 0.4) is 0 Å². The van der Waals surface area contributed by atoms with E-state index in [1.165, 1.54) is 16.7 Å². The minimum absolute atomic E-state index is 0.131. The Labute approximate surface area is 239 Å². The molecule has 5 aromatic carbocycles. The maximum atomic E-state index is 7.56. The van der Waals surface area contributed by atoms with E-state index in [2.05, 4.69) is 67.2 Å². The summed E-state index contributed by atoms with van der Waals surface area (Å²) < 4.78 is 0. The fourth-order valence-corrected chi connectivity index (χ4v) is 5.84.